The van der Waals surface area contributed by atoms with Crippen LogP contribution in [0.25, 0.3) is 0 Å². The average Bonchev–Trinajstić information content (AvgIpc) is 2.31. The van der Waals surface area contributed by atoms with Gasteiger partial charge in [0, 0.05) is 12.1 Å². The van der Waals surface area contributed by atoms with E-state index in [9.17, 15) is 9.59 Å². The van der Waals surface area contributed by atoms with Gasteiger partial charge in [-0.25, -0.2) is 4.79 Å². The molecule has 4 heteroatoms. The van der Waals surface area contributed by atoms with Crippen molar-refractivity contribution >= 4 is 17.9 Å². The number of anilines is 1. The van der Waals surface area contributed by atoms with Gasteiger partial charge in [0.15, 0.2) is 0 Å². The first kappa shape index (κ1) is 15.2. The lowest BCUT2D eigenvalue weighted by atomic mass is 10.2. The largest absolute Gasteiger partial charge is 0.478 e. The van der Waals surface area contributed by atoms with Crippen molar-refractivity contribution in [3.8, 4) is 0 Å². The summed E-state index contributed by atoms with van der Waals surface area (Å²) in [6, 6.07) is 6.36. The summed E-state index contributed by atoms with van der Waals surface area (Å²) in [7, 11) is 0. The Balaban J connectivity index is 0.000000325. The Bertz CT molecular complexity index is 350. The summed E-state index contributed by atoms with van der Waals surface area (Å²) >= 11 is 0. The molecule has 0 aliphatic carbocycles. The molecule has 0 heterocycles. The zero-order valence-electron chi connectivity index (χ0n) is 10.1. The third kappa shape index (κ3) is 7.11. The summed E-state index contributed by atoms with van der Waals surface area (Å²) in [4.78, 5) is 20.0. The van der Waals surface area contributed by atoms with Crippen LogP contribution in [0.3, 0.4) is 0 Å². The second-order valence-electron chi connectivity index (χ2n) is 3.55. The molecule has 94 valence electrons. The molecule has 1 aromatic carbocycles. The highest BCUT2D eigenvalue weighted by atomic mass is 16.4. The molecular formula is C13H19NO3. The van der Waals surface area contributed by atoms with Crippen LogP contribution < -0.4 is 5.73 Å². The summed E-state index contributed by atoms with van der Waals surface area (Å²) in [6.07, 6.45) is 5.19. The molecule has 1 rings (SSSR count). The Kier molecular flexibility index (Phi) is 8.37. The molecule has 0 saturated carbocycles. The highest BCUT2D eigenvalue weighted by Crippen LogP contribution is 2.09. The van der Waals surface area contributed by atoms with Crippen LogP contribution in [0.5, 0.6) is 0 Å². The Morgan fingerprint density at radius 3 is 2.41 bits per heavy atom. The predicted octanol–water partition coefficient (Wildman–Crippen LogP) is 2.73. The van der Waals surface area contributed by atoms with Gasteiger partial charge in [-0.1, -0.05) is 31.9 Å². The maximum Gasteiger partial charge on any atom is 0.337 e. The average molecular weight is 237 g/mol. The summed E-state index contributed by atoms with van der Waals surface area (Å²) in [5, 5.41) is 8.49. The number of aldehydes is 1. The maximum absolute atomic E-state index is 10.3. The first-order chi connectivity index (χ1) is 8.13. The number of hydrogen-bond donors (Lipinski definition) is 2. The molecule has 1 aromatic rings. The molecule has 0 spiro atoms. The third-order valence-electron chi connectivity index (χ3n) is 2.12. The van der Waals surface area contributed by atoms with Gasteiger partial charge in [-0.2, -0.15) is 0 Å². The van der Waals surface area contributed by atoms with Gasteiger partial charge in [-0.3, -0.25) is 0 Å². The third-order valence-corrected chi connectivity index (χ3v) is 2.12. The quantitative estimate of drug-likeness (QED) is 0.468. The SMILES string of the molecule is CCCCCC=O.Nc1ccccc1C(=O)O. The number of hydrogen-bond acceptors (Lipinski definition) is 3. The first-order valence-corrected chi connectivity index (χ1v) is 5.64. The van der Waals surface area contributed by atoms with Gasteiger partial charge in [0.05, 0.1) is 5.56 Å². The van der Waals surface area contributed by atoms with Crippen molar-refractivity contribution in [2.75, 3.05) is 5.73 Å². The number of unbranched alkanes of at least 4 members (excludes halogenated alkanes) is 3. The van der Waals surface area contributed by atoms with E-state index in [1.165, 1.54) is 18.9 Å². The normalized spacial score (nSPS) is 9.00. The van der Waals surface area contributed by atoms with E-state index in [2.05, 4.69) is 6.92 Å². The van der Waals surface area contributed by atoms with Crippen LogP contribution in [0.4, 0.5) is 5.69 Å². The van der Waals surface area contributed by atoms with Crippen LogP contribution >= 0.6 is 0 Å². The van der Waals surface area contributed by atoms with Crippen LogP contribution in [0.1, 0.15) is 43.0 Å². The smallest absolute Gasteiger partial charge is 0.337 e. The number of carbonyl (C=O) groups excluding carboxylic acids is 1. The predicted molar refractivity (Wildman–Crippen MR) is 68.0 cm³/mol. The fraction of sp³-hybridized carbons (Fsp3) is 0.385. The van der Waals surface area contributed by atoms with Gasteiger partial charge >= 0.3 is 5.97 Å². The molecule has 0 amide bonds. The molecule has 0 aromatic heterocycles. The molecule has 0 fully saturated rings. The zero-order valence-corrected chi connectivity index (χ0v) is 10.1. The topological polar surface area (TPSA) is 80.4 Å². The van der Waals surface area contributed by atoms with Crippen molar-refractivity contribution in [1.82, 2.24) is 0 Å². The van der Waals surface area contributed by atoms with E-state index in [1.54, 1.807) is 18.2 Å². The summed E-state index contributed by atoms with van der Waals surface area (Å²) < 4.78 is 0. The van der Waals surface area contributed by atoms with Gasteiger partial charge in [-0.05, 0) is 18.6 Å². The van der Waals surface area contributed by atoms with Crippen LogP contribution in [0, 0.1) is 0 Å². The molecule has 0 unspecified atom stereocenters. The van der Waals surface area contributed by atoms with Crippen LogP contribution in [0.2, 0.25) is 0 Å². The van der Waals surface area contributed by atoms with Gasteiger partial charge in [0.25, 0.3) is 0 Å². The standard InChI is InChI=1S/C7H7NO2.C6H12O/c8-6-4-2-1-3-5(6)7(9)10;1-2-3-4-5-6-7/h1-4H,8H2,(H,9,10);6H,2-5H2,1H3. The second kappa shape index (κ2) is 9.39. The minimum absolute atomic E-state index is 0.155. The number of nitrogen functional groups attached to an aromatic ring is 1. The second-order valence-corrected chi connectivity index (χ2v) is 3.55. The lowest BCUT2D eigenvalue weighted by Gasteiger charge is -1.96. The van der Waals surface area contributed by atoms with E-state index in [-0.39, 0.29) is 5.56 Å². The number of carboxylic acids is 1. The first-order valence-electron chi connectivity index (χ1n) is 5.64. The van der Waals surface area contributed by atoms with Gasteiger partial charge in [0.2, 0.25) is 0 Å². The van der Waals surface area contributed by atoms with Crippen molar-refractivity contribution in [1.29, 1.82) is 0 Å². The van der Waals surface area contributed by atoms with E-state index in [4.69, 9.17) is 10.8 Å². The monoisotopic (exact) mass is 237 g/mol. The Hall–Kier alpha value is -1.84. The summed E-state index contributed by atoms with van der Waals surface area (Å²) in [5.74, 6) is -0.988. The Morgan fingerprint density at radius 1 is 1.35 bits per heavy atom. The van der Waals surface area contributed by atoms with Crippen molar-refractivity contribution in [3.05, 3.63) is 29.8 Å². The minimum Gasteiger partial charge on any atom is -0.478 e. The molecule has 0 saturated heterocycles. The van der Waals surface area contributed by atoms with Crippen LogP contribution in [-0.4, -0.2) is 17.4 Å². The number of carboxylic acid groups (broad SMARTS) is 1. The molecule has 0 aliphatic heterocycles. The van der Waals surface area contributed by atoms with Crippen LogP contribution in [-0.2, 0) is 4.79 Å². The molecule has 4 nitrogen and oxygen atoms in total. The van der Waals surface area contributed by atoms with Crippen LogP contribution in [0.15, 0.2) is 24.3 Å². The lowest BCUT2D eigenvalue weighted by Crippen LogP contribution is -2.00. The van der Waals surface area contributed by atoms with Gasteiger partial charge in [0.1, 0.15) is 6.29 Å². The van der Waals surface area contributed by atoms with Gasteiger partial charge in [-0.15, -0.1) is 0 Å². The van der Waals surface area contributed by atoms with E-state index in [0.29, 0.717) is 5.69 Å². The number of nitrogens with two attached hydrogens (primary N) is 1. The van der Waals surface area contributed by atoms with E-state index in [1.807, 2.05) is 0 Å². The van der Waals surface area contributed by atoms with E-state index < -0.39 is 5.97 Å². The fourth-order valence-corrected chi connectivity index (χ4v) is 1.17. The highest BCUT2D eigenvalue weighted by molar-refractivity contribution is 5.93. The van der Waals surface area contributed by atoms with E-state index in [0.717, 1.165) is 19.1 Å². The number of para-hydroxylation sites is 1. The minimum atomic E-state index is -0.988. The zero-order chi connectivity index (χ0) is 13.1. The van der Waals surface area contributed by atoms with Gasteiger partial charge < -0.3 is 15.6 Å². The fourth-order valence-electron chi connectivity index (χ4n) is 1.17. The lowest BCUT2D eigenvalue weighted by molar-refractivity contribution is -0.107. The van der Waals surface area contributed by atoms with Crippen molar-refractivity contribution in [3.63, 3.8) is 0 Å². The van der Waals surface area contributed by atoms with Crippen molar-refractivity contribution < 1.29 is 14.7 Å². The molecule has 0 radical (unpaired) electrons. The Labute approximate surface area is 101 Å². The Morgan fingerprint density at radius 2 is 2.00 bits per heavy atom. The molecular weight excluding hydrogens is 218 g/mol. The number of rotatable bonds is 5. The number of carbonyl (C=O) groups is 2. The molecule has 3 N–H and O–H groups in total. The van der Waals surface area contributed by atoms with Crippen molar-refractivity contribution in [2.45, 2.75) is 32.6 Å². The molecule has 17 heavy (non-hydrogen) atoms. The molecule has 0 atom stereocenters. The van der Waals surface area contributed by atoms with Crippen molar-refractivity contribution in [2.24, 2.45) is 0 Å². The maximum atomic E-state index is 10.3. The highest BCUT2D eigenvalue weighted by Gasteiger charge is 2.03. The number of aromatic carboxylic acids is 1. The summed E-state index contributed by atoms with van der Waals surface area (Å²) in [5.41, 5.74) is 5.80. The molecule has 0 bridgehead atoms. The van der Waals surface area contributed by atoms with E-state index >= 15 is 0 Å². The molecule has 0 aliphatic rings. The summed E-state index contributed by atoms with van der Waals surface area (Å²) in [6.45, 7) is 2.13. The number of benzene rings is 1.